The summed E-state index contributed by atoms with van der Waals surface area (Å²) < 4.78 is 0.00843. The molecule has 0 aliphatic carbocycles. The third-order valence-corrected chi connectivity index (χ3v) is 3.43. The number of hydrogen-bond acceptors (Lipinski definition) is 4. The molecule has 3 rings (SSSR count). The van der Waals surface area contributed by atoms with Crippen LogP contribution in [0.2, 0.25) is 0 Å². The molecule has 0 radical (unpaired) electrons. The zero-order valence-corrected chi connectivity index (χ0v) is 12.3. The quantitative estimate of drug-likeness (QED) is 0.526. The topological polar surface area (TPSA) is 98.3 Å². The summed E-state index contributed by atoms with van der Waals surface area (Å²) in [5.41, 5.74) is 0.562. The van der Waals surface area contributed by atoms with Gasteiger partial charge in [0.15, 0.2) is 4.77 Å². The Morgan fingerprint density at radius 3 is 2.77 bits per heavy atom. The molecule has 0 bridgehead atoms. The van der Waals surface area contributed by atoms with Crippen LogP contribution in [0.1, 0.15) is 11.1 Å². The number of benzene rings is 1. The second-order valence-electron chi connectivity index (χ2n) is 4.89. The van der Waals surface area contributed by atoms with E-state index in [1.165, 1.54) is 6.08 Å². The van der Waals surface area contributed by atoms with Crippen LogP contribution in [0.4, 0.5) is 0 Å². The number of nitrogens with zero attached hydrogens (tertiary/aromatic N) is 1. The first-order valence-corrected chi connectivity index (χ1v) is 6.83. The Bertz CT molecular complexity index is 1060. The first-order chi connectivity index (χ1) is 10.4. The van der Waals surface area contributed by atoms with Crippen LogP contribution < -0.4 is 16.1 Å². The second kappa shape index (κ2) is 5.19. The maximum atomic E-state index is 12.1. The van der Waals surface area contributed by atoms with Gasteiger partial charge in [0.2, 0.25) is 5.88 Å². The predicted molar refractivity (Wildman–Crippen MR) is 83.3 cm³/mol. The van der Waals surface area contributed by atoms with Crippen LogP contribution in [0.5, 0.6) is 5.88 Å². The molecular weight excluding hydrogens is 302 g/mol. The number of amides is 1. The Hall–Kier alpha value is -2.80. The molecule has 0 fully saturated rings. The first-order valence-electron chi connectivity index (χ1n) is 6.43. The van der Waals surface area contributed by atoms with E-state index >= 15 is 0 Å². The number of rotatable bonds is 1. The molecular formula is C15H11N3O3S. The number of carbonyl (C=O) groups excluding carboxylic acids is 1. The smallest absolute Gasteiger partial charge is 0.277 e. The standard InChI is InChI=1S/C15H11N3O3S/c1-7-2-3-8-5-9(12(19)16-11(8)4-7)6-10-13(20)17-15(22)18-14(10)21/h2-6H,1H3,(H3,17,18,20,21,22)/b9-6+. The van der Waals surface area contributed by atoms with Crippen molar-refractivity contribution in [2.24, 2.45) is 4.99 Å². The molecule has 0 unspecified atom stereocenters. The van der Waals surface area contributed by atoms with E-state index in [-0.39, 0.29) is 15.9 Å². The van der Waals surface area contributed by atoms with Gasteiger partial charge in [0, 0.05) is 10.8 Å². The average molecular weight is 313 g/mol. The van der Waals surface area contributed by atoms with Gasteiger partial charge in [-0.3, -0.25) is 14.6 Å². The summed E-state index contributed by atoms with van der Waals surface area (Å²) in [7, 11) is 0. The molecule has 0 saturated carbocycles. The number of aromatic nitrogens is 2. The number of aryl methyl sites for hydroxylation is 1. The molecule has 1 amide bonds. The van der Waals surface area contributed by atoms with Crippen LogP contribution in [-0.4, -0.2) is 21.0 Å². The minimum absolute atomic E-state index is 0.00843. The van der Waals surface area contributed by atoms with Crippen molar-refractivity contribution in [2.45, 2.75) is 6.92 Å². The first kappa shape index (κ1) is 14.2. The van der Waals surface area contributed by atoms with E-state index in [9.17, 15) is 14.7 Å². The van der Waals surface area contributed by atoms with Crippen molar-refractivity contribution < 1.29 is 9.90 Å². The van der Waals surface area contributed by atoms with Gasteiger partial charge in [-0.05, 0) is 42.9 Å². The van der Waals surface area contributed by atoms with Gasteiger partial charge in [0.1, 0.15) is 5.56 Å². The van der Waals surface area contributed by atoms with Gasteiger partial charge in [-0.1, -0.05) is 12.1 Å². The Morgan fingerprint density at radius 1 is 1.27 bits per heavy atom. The largest absolute Gasteiger partial charge is 0.494 e. The van der Waals surface area contributed by atoms with Crippen molar-refractivity contribution in [3.05, 3.63) is 60.6 Å². The zero-order valence-electron chi connectivity index (χ0n) is 11.5. The highest BCUT2D eigenvalue weighted by Crippen LogP contribution is 2.14. The number of aromatic amines is 2. The monoisotopic (exact) mass is 313 g/mol. The van der Waals surface area contributed by atoms with Crippen LogP contribution in [-0.2, 0) is 4.79 Å². The fourth-order valence-electron chi connectivity index (χ4n) is 2.15. The molecule has 22 heavy (non-hydrogen) atoms. The lowest BCUT2D eigenvalue weighted by molar-refractivity contribution is -0.114. The molecule has 2 heterocycles. The molecule has 0 atom stereocenters. The van der Waals surface area contributed by atoms with E-state index in [0.717, 1.165) is 10.8 Å². The van der Waals surface area contributed by atoms with Gasteiger partial charge in [0.05, 0.1) is 5.36 Å². The lowest BCUT2D eigenvalue weighted by Crippen LogP contribution is -2.30. The minimum atomic E-state index is -0.579. The Morgan fingerprint density at radius 2 is 2.05 bits per heavy atom. The van der Waals surface area contributed by atoms with Gasteiger partial charge >= 0.3 is 0 Å². The maximum absolute atomic E-state index is 12.1. The molecule has 1 aromatic heterocycles. The molecule has 1 aliphatic heterocycles. The molecule has 2 aromatic rings. The highest BCUT2D eigenvalue weighted by atomic mass is 32.1. The summed E-state index contributed by atoms with van der Waals surface area (Å²) >= 11 is 4.75. The van der Waals surface area contributed by atoms with E-state index in [1.807, 2.05) is 25.1 Å². The fourth-order valence-corrected chi connectivity index (χ4v) is 2.34. The SMILES string of the molecule is Cc1ccc2c(c1)=NC(=O)/C(=C/c1c(O)[nH]c(=S)[nH]c1=O)C=2. The fraction of sp³-hybridized carbons (Fsp3) is 0.0667. The molecule has 3 N–H and O–H groups in total. The number of aromatic hydroxyl groups is 1. The van der Waals surface area contributed by atoms with Crippen LogP contribution in [0.15, 0.2) is 33.6 Å². The van der Waals surface area contributed by atoms with Gasteiger partial charge in [-0.2, -0.15) is 0 Å². The predicted octanol–water partition coefficient (Wildman–Crippen LogP) is 0.470. The summed E-state index contributed by atoms with van der Waals surface area (Å²) in [6, 6.07) is 5.56. The molecule has 0 saturated heterocycles. The van der Waals surface area contributed by atoms with E-state index < -0.39 is 17.3 Å². The molecule has 110 valence electrons. The zero-order chi connectivity index (χ0) is 15.9. The Balaban J connectivity index is 2.22. The van der Waals surface area contributed by atoms with Gasteiger partial charge in [0.25, 0.3) is 11.5 Å². The number of H-pyrrole nitrogens is 2. The number of hydrogen-bond donors (Lipinski definition) is 3. The van der Waals surface area contributed by atoms with Gasteiger partial charge in [-0.15, -0.1) is 0 Å². The van der Waals surface area contributed by atoms with Crippen LogP contribution in [0.3, 0.4) is 0 Å². The molecule has 0 spiro atoms. The van der Waals surface area contributed by atoms with Crippen molar-refractivity contribution >= 4 is 30.3 Å². The number of fused-ring (bicyclic) bond motifs is 1. The van der Waals surface area contributed by atoms with E-state index in [4.69, 9.17) is 12.2 Å². The molecule has 1 aromatic carbocycles. The lowest BCUT2D eigenvalue weighted by atomic mass is 10.1. The van der Waals surface area contributed by atoms with Crippen molar-refractivity contribution in [1.82, 2.24) is 9.97 Å². The highest BCUT2D eigenvalue weighted by Gasteiger charge is 2.13. The third kappa shape index (κ3) is 2.53. The summed E-state index contributed by atoms with van der Waals surface area (Å²) in [6.07, 6.45) is 2.92. The van der Waals surface area contributed by atoms with Crippen molar-refractivity contribution in [3.8, 4) is 5.88 Å². The van der Waals surface area contributed by atoms with Gasteiger partial charge in [-0.25, -0.2) is 4.99 Å². The summed E-state index contributed by atoms with van der Waals surface area (Å²) in [6.45, 7) is 1.91. The van der Waals surface area contributed by atoms with Crippen LogP contribution in [0.25, 0.3) is 12.2 Å². The minimum Gasteiger partial charge on any atom is -0.494 e. The maximum Gasteiger partial charge on any atom is 0.277 e. The Kier molecular flexibility index (Phi) is 3.34. The summed E-state index contributed by atoms with van der Waals surface area (Å²) in [4.78, 5) is 32.7. The third-order valence-electron chi connectivity index (χ3n) is 3.22. The van der Waals surface area contributed by atoms with E-state index in [0.29, 0.717) is 5.36 Å². The van der Waals surface area contributed by atoms with Crippen LogP contribution in [0, 0.1) is 11.7 Å². The molecule has 6 nitrogen and oxygen atoms in total. The second-order valence-corrected chi connectivity index (χ2v) is 5.30. The van der Waals surface area contributed by atoms with Gasteiger partial charge < -0.3 is 10.1 Å². The average Bonchev–Trinajstić information content (AvgIpc) is 2.43. The molecule has 7 heteroatoms. The number of nitrogens with one attached hydrogen (secondary N) is 2. The van der Waals surface area contributed by atoms with Crippen molar-refractivity contribution in [2.75, 3.05) is 0 Å². The van der Waals surface area contributed by atoms with E-state index in [2.05, 4.69) is 15.0 Å². The van der Waals surface area contributed by atoms with Crippen molar-refractivity contribution in [3.63, 3.8) is 0 Å². The highest BCUT2D eigenvalue weighted by molar-refractivity contribution is 7.71. The van der Waals surface area contributed by atoms with Crippen LogP contribution >= 0.6 is 12.2 Å². The lowest BCUT2D eigenvalue weighted by Gasteiger charge is -2.04. The normalized spacial score (nSPS) is 15.1. The number of carbonyl (C=O) groups is 1. The summed E-state index contributed by atoms with van der Waals surface area (Å²) in [5.74, 6) is -0.864. The van der Waals surface area contributed by atoms with Crippen molar-refractivity contribution in [1.29, 1.82) is 0 Å². The van der Waals surface area contributed by atoms with E-state index in [1.54, 1.807) is 6.08 Å². The Labute approximate surface area is 129 Å². The summed E-state index contributed by atoms with van der Waals surface area (Å²) in [5, 5.41) is 11.1. The molecule has 1 aliphatic rings.